The Morgan fingerprint density at radius 2 is 1.89 bits per heavy atom. The fraction of sp³-hybridized carbons (Fsp3) is 0.360. The topological polar surface area (TPSA) is 160 Å². The van der Waals surface area contributed by atoms with Crippen molar-refractivity contribution >= 4 is 29.5 Å². The number of ether oxygens (including phenoxy) is 2. The van der Waals surface area contributed by atoms with Gasteiger partial charge in [0.2, 0.25) is 5.91 Å². The van der Waals surface area contributed by atoms with Crippen molar-refractivity contribution in [2.45, 2.75) is 45.3 Å². The number of carbonyl (C=O) groups excluding carboxylic acids is 4. The van der Waals surface area contributed by atoms with E-state index in [1.807, 2.05) is 32.0 Å². The molecule has 2 atom stereocenters. The normalized spacial score (nSPS) is 17.9. The monoisotopic (exact) mass is 498 g/mol. The lowest BCUT2D eigenvalue weighted by Crippen LogP contribution is -2.47. The number of amides is 4. The number of nitrogens with one attached hydrogen (secondary N) is 2. The molecule has 0 bridgehead atoms. The number of hydroxylamine groups is 1. The SMILES string of the molecule is Cc1cc(COc2ccc(C3(C)CCN(C(C)C(=O)NO)C3=O)cc2)cc(NC(=O)COC(N)=O)c1. The molecule has 5 N–H and O–H groups in total. The van der Waals surface area contributed by atoms with Crippen LogP contribution in [0.4, 0.5) is 10.5 Å². The molecule has 0 radical (unpaired) electrons. The molecule has 1 saturated heterocycles. The summed E-state index contributed by atoms with van der Waals surface area (Å²) in [5.74, 6) is -0.724. The minimum absolute atomic E-state index is 0.178. The first-order valence-corrected chi connectivity index (χ1v) is 11.3. The third kappa shape index (κ3) is 6.11. The van der Waals surface area contributed by atoms with Gasteiger partial charge in [-0.25, -0.2) is 10.3 Å². The van der Waals surface area contributed by atoms with Gasteiger partial charge in [-0.15, -0.1) is 0 Å². The molecule has 1 aliphatic heterocycles. The van der Waals surface area contributed by atoms with Gasteiger partial charge in [0.25, 0.3) is 11.8 Å². The Hall–Kier alpha value is -4.12. The van der Waals surface area contributed by atoms with Gasteiger partial charge in [0.05, 0.1) is 5.41 Å². The van der Waals surface area contributed by atoms with E-state index in [4.69, 9.17) is 15.7 Å². The zero-order valence-corrected chi connectivity index (χ0v) is 20.4. The highest BCUT2D eigenvalue weighted by Crippen LogP contribution is 2.37. The molecule has 0 aliphatic carbocycles. The number of carbonyl (C=O) groups is 4. The minimum atomic E-state index is -1.03. The second kappa shape index (κ2) is 11.1. The van der Waals surface area contributed by atoms with E-state index >= 15 is 0 Å². The summed E-state index contributed by atoms with van der Waals surface area (Å²) in [7, 11) is 0. The summed E-state index contributed by atoms with van der Waals surface area (Å²) >= 11 is 0. The first-order chi connectivity index (χ1) is 17.0. The number of nitrogens with two attached hydrogens (primary N) is 1. The van der Waals surface area contributed by atoms with Crippen molar-refractivity contribution in [3.05, 3.63) is 59.2 Å². The fourth-order valence-corrected chi connectivity index (χ4v) is 4.18. The second-order valence-electron chi connectivity index (χ2n) is 8.91. The molecule has 1 fully saturated rings. The van der Waals surface area contributed by atoms with Gasteiger partial charge in [0.15, 0.2) is 6.61 Å². The van der Waals surface area contributed by atoms with Crippen molar-refractivity contribution in [2.24, 2.45) is 5.73 Å². The van der Waals surface area contributed by atoms with Gasteiger partial charge in [-0.05, 0) is 68.1 Å². The number of benzene rings is 2. The number of rotatable bonds is 9. The van der Waals surface area contributed by atoms with Crippen LogP contribution in [0.2, 0.25) is 0 Å². The summed E-state index contributed by atoms with van der Waals surface area (Å²) < 4.78 is 10.4. The van der Waals surface area contributed by atoms with Gasteiger partial charge < -0.3 is 25.4 Å². The summed E-state index contributed by atoms with van der Waals surface area (Å²) in [5, 5.41) is 11.5. The Bertz CT molecular complexity index is 1150. The molecule has 36 heavy (non-hydrogen) atoms. The molecule has 0 spiro atoms. The van der Waals surface area contributed by atoms with Crippen LogP contribution >= 0.6 is 0 Å². The van der Waals surface area contributed by atoms with Crippen molar-refractivity contribution in [2.75, 3.05) is 18.5 Å². The number of likely N-dealkylation sites (tertiary alicyclic amines) is 1. The second-order valence-corrected chi connectivity index (χ2v) is 8.91. The third-order valence-electron chi connectivity index (χ3n) is 6.21. The largest absolute Gasteiger partial charge is 0.489 e. The van der Waals surface area contributed by atoms with Gasteiger partial charge in [0.1, 0.15) is 18.4 Å². The smallest absolute Gasteiger partial charge is 0.405 e. The summed E-state index contributed by atoms with van der Waals surface area (Å²) in [5.41, 5.74) is 8.73. The molecule has 0 saturated carbocycles. The lowest BCUT2D eigenvalue weighted by Gasteiger charge is -2.27. The van der Waals surface area contributed by atoms with E-state index < -0.39 is 36.0 Å². The number of hydrogen-bond donors (Lipinski definition) is 4. The average Bonchev–Trinajstić information content (AvgIpc) is 3.15. The number of aryl methyl sites for hydroxylation is 1. The maximum Gasteiger partial charge on any atom is 0.405 e. The van der Waals surface area contributed by atoms with Gasteiger partial charge in [0, 0.05) is 12.2 Å². The van der Waals surface area contributed by atoms with Crippen LogP contribution in [-0.4, -0.2) is 53.1 Å². The van der Waals surface area contributed by atoms with E-state index in [2.05, 4.69) is 10.1 Å². The first kappa shape index (κ1) is 26.5. The lowest BCUT2D eigenvalue weighted by atomic mass is 9.81. The Morgan fingerprint density at radius 1 is 1.19 bits per heavy atom. The predicted molar refractivity (Wildman–Crippen MR) is 129 cm³/mol. The summed E-state index contributed by atoms with van der Waals surface area (Å²) in [4.78, 5) is 48.8. The lowest BCUT2D eigenvalue weighted by molar-refractivity contribution is -0.143. The highest BCUT2D eigenvalue weighted by molar-refractivity contribution is 5.94. The molecule has 1 heterocycles. The minimum Gasteiger partial charge on any atom is -0.489 e. The number of nitrogens with zero attached hydrogens (tertiary/aromatic N) is 1. The van der Waals surface area contributed by atoms with Crippen molar-refractivity contribution in [1.82, 2.24) is 10.4 Å². The van der Waals surface area contributed by atoms with E-state index in [-0.39, 0.29) is 12.5 Å². The number of hydrogen-bond acceptors (Lipinski definition) is 7. The molecule has 3 rings (SSSR count). The van der Waals surface area contributed by atoms with Crippen LogP contribution in [0.3, 0.4) is 0 Å². The van der Waals surface area contributed by atoms with Gasteiger partial charge in [-0.1, -0.05) is 18.2 Å². The Balaban J connectivity index is 1.63. The molecule has 1 aliphatic rings. The van der Waals surface area contributed by atoms with Gasteiger partial charge >= 0.3 is 6.09 Å². The van der Waals surface area contributed by atoms with Crippen LogP contribution in [0.1, 0.15) is 37.0 Å². The van der Waals surface area contributed by atoms with Crippen molar-refractivity contribution in [3.63, 3.8) is 0 Å². The molecule has 192 valence electrons. The predicted octanol–water partition coefficient (Wildman–Crippen LogP) is 1.99. The molecule has 2 aromatic rings. The van der Waals surface area contributed by atoms with Crippen LogP contribution < -0.4 is 21.3 Å². The van der Waals surface area contributed by atoms with Crippen molar-refractivity contribution in [1.29, 1.82) is 0 Å². The molecule has 11 nitrogen and oxygen atoms in total. The maximum atomic E-state index is 13.1. The molecule has 0 aromatic heterocycles. The molecule has 11 heteroatoms. The van der Waals surface area contributed by atoms with E-state index in [1.54, 1.807) is 36.7 Å². The van der Waals surface area contributed by atoms with E-state index in [9.17, 15) is 19.2 Å². The van der Waals surface area contributed by atoms with Gasteiger partial charge in [-0.2, -0.15) is 0 Å². The number of anilines is 1. The molecule has 4 amide bonds. The Labute approximate surface area is 208 Å². The summed E-state index contributed by atoms with van der Waals surface area (Å²) in [6.45, 7) is 5.45. The quantitative estimate of drug-likeness (QED) is 0.304. The zero-order valence-electron chi connectivity index (χ0n) is 20.4. The Morgan fingerprint density at radius 3 is 2.53 bits per heavy atom. The highest BCUT2D eigenvalue weighted by Gasteiger charge is 2.46. The van der Waals surface area contributed by atoms with Crippen LogP contribution in [0.5, 0.6) is 5.75 Å². The van der Waals surface area contributed by atoms with Crippen LogP contribution in [0.15, 0.2) is 42.5 Å². The Kier molecular flexibility index (Phi) is 8.15. The highest BCUT2D eigenvalue weighted by atomic mass is 16.5. The third-order valence-corrected chi connectivity index (χ3v) is 6.21. The van der Waals surface area contributed by atoms with E-state index in [0.717, 1.165) is 16.7 Å². The standard InChI is InChI=1S/C25H30N4O7/c1-15-10-17(12-19(11-15)27-21(30)14-36-24(26)33)13-35-20-6-4-18(5-7-20)25(3)8-9-29(23(25)32)16(2)22(31)28-34/h4-7,10-12,16,34H,8-9,13-14H2,1-3H3,(H2,26,33)(H,27,30)(H,28,31). The van der Waals surface area contributed by atoms with E-state index in [0.29, 0.717) is 24.4 Å². The summed E-state index contributed by atoms with van der Waals surface area (Å²) in [6, 6.07) is 11.9. The molecule has 2 unspecified atom stereocenters. The van der Waals surface area contributed by atoms with Crippen LogP contribution in [-0.2, 0) is 31.1 Å². The molecule has 2 aromatic carbocycles. The van der Waals surface area contributed by atoms with Crippen molar-refractivity contribution in [3.8, 4) is 5.75 Å². The number of primary amides is 1. The fourth-order valence-electron chi connectivity index (χ4n) is 4.18. The van der Waals surface area contributed by atoms with Crippen LogP contribution in [0.25, 0.3) is 0 Å². The summed E-state index contributed by atoms with van der Waals surface area (Å²) in [6.07, 6.45) is -0.487. The van der Waals surface area contributed by atoms with E-state index in [1.165, 1.54) is 4.90 Å². The van der Waals surface area contributed by atoms with Gasteiger partial charge in [-0.3, -0.25) is 19.6 Å². The molecular formula is C25H30N4O7. The van der Waals surface area contributed by atoms with Crippen LogP contribution in [0, 0.1) is 6.92 Å². The first-order valence-electron chi connectivity index (χ1n) is 11.3. The maximum absolute atomic E-state index is 13.1. The average molecular weight is 499 g/mol. The molecular weight excluding hydrogens is 468 g/mol. The van der Waals surface area contributed by atoms with Crippen molar-refractivity contribution < 1.29 is 33.9 Å². The zero-order chi connectivity index (χ0) is 26.5.